The van der Waals surface area contributed by atoms with Gasteiger partial charge in [-0.05, 0) is 60.7 Å². The summed E-state index contributed by atoms with van der Waals surface area (Å²) in [5, 5.41) is 1.92. The first-order valence-corrected chi connectivity index (χ1v) is 11.4. The number of carbonyl (C=O) groups excluding carboxylic acids is 2. The normalized spacial score (nSPS) is 19.4. The largest absolute Gasteiger partial charge is 0.366 e. The third-order valence-corrected chi connectivity index (χ3v) is 6.84. The minimum absolute atomic E-state index is 0.214. The molecular formula is C28H28N2O2. The van der Waals surface area contributed by atoms with Gasteiger partial charge >= 0.3 is 0 Å². The summed E-state index contributed by atoms with van der Waals surface area (Å²) in [5.74, 6) is 0.0447. The van der Waals surface area contributed by atoms with E-state index in [9.17, 15) is 9.59 Å². The molecule has 0 aliphatic carbocycles. The number of anilines is 1. The summed E-state index contributed by atoms with van der Waals surface area (Å²) in [6, 6.07) is 19.7. The number of benzene rings is 3. The number of imide groups is 1. The van der Waals surface area contributed by atoms with E-state index >= 15 is 0 Å². The molecule has 4 heteroatoms. The van der Waals surface area contributed by atoms with Crippen LogP contribution in [0, 0.1) is 19.8 Å². The van der Waals surface area contributed by atoms with Crippen molar-refractivity contribution in [3.05, 3.63) is 83.1 Å². The summed E-state index contributed by atoms with van der Waals surface area (Å²) >= 11 is 0. The Bertz CT molecular complexity index is 1270. The molecule has 162 valence electrons. The number of hydrogen-bond donors (Lipinski definition) is 0. The van der Waals surface area contributed by atoms with E-state index in [1.807, 2.05) is 67.6 Å². The summed E-state index contributed by atoms with van der Waals surface area (Å²) in [7, 11) is 0. The molecule has 2 amide bonds. The topological polar surface area (TPSA) is 40.6 Å². The molecule has 3 aromatic carbocycles. The number of carbonyl (C=O) groups is 2. The van der Waals surface area contributed by atoms with Gasteiger partial charge in [-0.15, -0.1) is 0 Å². The zero-order valence-electron chi connectivity index (χ0n) is 18.9. The van der Waals surface area contributed by atoms with E-state index < -0.39 is 0 Å². The molecule has 2 aliphatic rings. The maximum absolute atomic E-state index is 13.9. The molecule has 2 heterocycles. The second-order valence-electron chi connectivity index (χ2n) is 9.16. The van der Waals surface area contributed by atoms with Gasteiger partial charge in [-0.3, -0.25) is 9.59 Å². The van der Waals surface area contributed by atoms with Gasteiger partial charge in [-0.25, -0.2) is 4.90 Å². The lowest BCUT2D eigenvalue weighted by Gasteiger charge is -2.33. The Morgan fingerprint density at radius 2 is 1.66 bits per heavy atom. The van der Waals surface area contributed by atoms with E-state index in [1.54, 1.807) is 0 Å². The van der Waals surface area contributed by atoms with E-state index in [0.29, 0.717) is 22.9 Å². The predicted octanol–water partition coefficient (Wildman–Crippen LogP) is 5.47. The van der Waals surface area contributed by atoms with E-state index in [1.165, 1.54) is 10.5 Å². The molecule has 0 bridgehead atoms. The van der Waals surface area contributed by atoms with Crippen LogP contribution in [0.25, 0.3) is 16.3 Å². The molecule has 1 atom stereocenters. The first kappa shape index (κ1) is 20.5. The number of amides is 2. The molecule has 1 unspecified atom stereocenters. The second-order valence-corrected chi connectivity index (χ2v) is 9.16. The third kappa shape index (κ3) is 3.31. The monoisotopic (exact) mass is 424 g/mol. The van der Waals surface area contributed by atoms with Crippen molar-refractivity contribution in [1.29, 1.82) is 0 Å². The summed E-state index contributed by atoms with van der Waals surface area (Å²) in [5.41, 5.74) is 4.84. The number of piperidine rings is 1. The highest BCUT2D eigenvalue weighted by Gasteiger charge is 2.43. The van der Waals surface area contributed by atoms with Crippen molar-refractivity contribution >= 4 is 33.8 Å². The van der Waals surface area contributed by atoms with Crippen molar-refractivity contribution in [2.45, 2.75) is 33.6 Å². The highest BCUT2D eigenvalue weighted by atomic mass is 16.2. The second kappa shape index (κ2) is 7.94. The van der Waals surface area contributed by atoms with Crippen molar-refractivity contribution in [3.63, 3.8) is 0 Å². The van der Waals surface area contributed by atoms with Gasteiger partial charge in [0.1, 0.15) is 5.70 Å². The predicted molar refractivity (Wildman–Crippen MR) is 129 cm³/mol. The fraction of sp³-hybridized carbons (Fsp3) is 0.286. The van der Waals surface area contributed by atoms with Crippen LogP contribution >= 0.6 is 0 Å². The van der Waals surface area contributed by atoms with Gasteiger partial charge < -0.3 is 4.90 Å². The Hall–Kier alpha value is -3.40. The molecule has 0 radical (unpaired) electrons. The molecule has 32 heavy (non-hydrogen) atoms. The molecule has 1 saturated heterocycles. The third-order valence-electron chi connectivity index (χ3n) is 6.84. The number of hydrogen-bond acceptors (Lipinski definition) is 3. The standard InChI is InChI=1S/C28H28N2O2/c1-18-8-7-15-29(17-18)26-25(22-14-13-19(2)20(3)16-22)27(31)30(28(26)32)24-12-6-10-21-9-4-5-11-23(21)24/h4-6,9-14,16,18H,7-8,15,17H2,1-3H3. The van der Waals surface area contributed by atoms with Crippen LogP contribution in [0.3, 0.4) is 0 Å². The van der Waals surface area contributed by atoms with Gasteiger partial charge in [0.2, 0.25) is 0 Å². The molecule has 0 N–H and O–H groups in total. The quantitative estimate of drug-likeness (QED) is 0.523. The highest BCUT2D eigenvalue weighted by Crippen LogP contribution is 2.39. The molecule has 0 spiro atoms. The lowest BCUT2D eigenvalue weighted by atomic mass is 9.96. The Kier molecular flexibility index (Phi) is 5.09. The van der Waals surface area contributed by atoms with Crippen LogP contribution in [-0.2, 0) is 9.59 Å². The van der Waals surface area contributed by atoms with Gasteiger partial charge in [0.25, 0.3) is 11.8 Å². The zero-order valence-corrected chi connectivity index (χ0v) is 18.9. The molecule has 0 aromatic heterocycles. The van der Waals surface area contributed by atoms with Crippen LogP contribution in [-0.4, -0.2) is 29.8 Å². The van der Waals surface area contributed by atoms with Crippen LogP contribution in [0.1, 0.15) is 36.5 Å². The van der Waals surface area contributed by atoms with E-state index in [4.69, 9.17) is 0 Å². The molecule has 0 saturated carbocycles. The lowest BCUT2D eigenvalue weighted by Crippen LogP contribution is -2.39. The molecule has 5 rings (SSSR count). The Labute approximate surface area is 189 Å². The Morgan fingerprint density at radius 3 is 2.44 bits per heavy atom. The van der Waals surface area contributed by atoms with Crippen LogP contribution in [0.15, 0.2) is 66.4 Å². The smallest absolute Gasteiger partial charge is 0.282 e. The van der Waals surface area contributed by atoms with Gasteiger partial charge in [0.15, 0.2) is 0 Å². The Balaban J connectivity index is 1.68. The van der Waals surface area contributed by atoms with Crippen molar-refractivity contribution in [3.8, 4) is 0 Å². The maximum Gasteiger partial charge on any atom is 0.282 e. The number of fused-ring (bicyclic) bond motifs is 1. The number of rotatable bonds is 3. The zero-order chi connectivity index (χ0) is 22.4. The molecule has 1 fully saturated rings. The van der Waals surface area contributed by atoms with Gasteiger partial charge in [-0.2, -0.15) is 0 Å². The highest BCUT2D eigenvalue weighted by molar-refractivity contribution is 6.46. The van der Waals surface area contributed by atoms with Crippen LogP contribution in [0.5, 0.6) is 0 Å². The lowest BCUT2D eigenvalue weighted by molar-refractivity contribution is -0.120. The number of aryl methyl sites for hydroxylation is 2. The molecule has 2 aliphatic heterocycles. The first-order valence-electron chi connectivity index (χ1n) is 11.4. The van der Waals surface area contributed by atoms with E-state index in [-0.39, 0.29) is 11.8 Å². The first-order chi connectivity index (χ1) is 15.5. The summed E-state index contributed by atoms with van der Waals surface area (Å²) in [4.78, 5) is 31.4. The fourth-order valence-corrected chi connectivity index (χ4v) is 4.98. The number of nitrogens with zero attached hydrogens (tertiary/aromatic N) is 2. The average molecular weight is 425 g/mol. The maximum atomic E-state index is 13.9. The van der Waals surface area contributed by atoms with E-state index in [2.05, 4.69) is 18.7 Å². The Morgan fingerprint density at radius 1 is 0.875 bits per heavy atom. The molecule has 4 nitrogen and oxygen atoms in total. The van der Waals surface area contributed by atoms with Crippen molar-refractivity contribution in [2.75, 3.05) is 18.0 Å². The summed E-state index contributed by atoms with van der Waals surface area (Å²) < 4.78 is 0. The molecular weight excluding hydrogens is 396 g/mol. The average Bonchev–Trinajstić information content (AvgIpc) is 3.05. The van der Waals surface area contributed by atoms with Gasteiger partial charge in [0, 0.05) is 18.5 Å². The van der Waals surface area contributed by atoms with Crippen LogP contribution in [0.2, 0.25) is 0 Å². The minimum Gasteiger partial charge on any atom is -0.366 e. The van der Waals surface area contributed by atoms with Crippen molar-refractivity contribution in [1.82, 2.24) is 4.90 Å². The van der Waals surface area contributed by atoms with Crippen LogP contribution < -0.4 is 4.90 Å². The number of likely N-dealkylation sites (tertiary alicyclic amines) is 1. The van der Waals surface area contributed by atoms with Gasteiger partial charge in [0.05, 0.1) is 11.3 Å². The van der Waals surface area contributed by atoms with E-state index in [0.717, 1.165) is 47.8 Å². The minimum atomic E-state index is -0.233. The summed E-state index contributed by atoms with van der Waals surface area (Å²) in [6.45, 7) is 7.92. The van der Waals surface area contributed by atoms with Crippen LogP contribution in [0.4, 0.5) is 5.69 Å². The molecule has 3 aromatic rings. The van der Waals surface area contributed by atoms with Crippen molar-refractivity contribution in [2.24, 2.45) is 5.92 Å². The van der Waals surface area contributed by atoms with Crippen molar-refractivity contribution < 1.29 is 9.59 Å². The van der Waals surface area contributed by atoms with Gasteiger partial charge in [-0.1, -0.05) is 61.5 Å². The SMILES string of the molecule is Cc1ccc(C2=C(N3CCCC(C)C3)C(=O)N(c3cccc4ccccc34)C2=O)cc1C. The fourth-order valence-electron chi connectivity index (χ4n) is 4.98. The summed E-state index contributed by atoms with van der Waals surface area (Å²) in [6.07, 6.45) is 2.18.